The second-order valence-electron chi connectivity index (χ2n) is 11.6. The van der Waals surface area contributed by atoms with E-state index >= 15 is 4.39 Å². The van der Waals surface area contributed by atoms with E-state index in [4.69, 9.17) is 40.2 Å². The molecule has 1 aliphatic rings. The van der Waals surface area contributed by atoms with Gasteiger partial charge in [0.25, 0.3) is 0 Å². The van der Waals surface area contributed by atoms with E-state index in [2.05, 4.69) is 24.3 Å². The standard InChI is InChI=1S/C30H31ClFN6O13P3/c1-17(29(40)46-14-18-8-3-2-4-9-18)37-52(41,49-21-13-7-11-19-10-5-6-12-20(19)21)50-54(44,45)51-53(42,43)47-15-22-25(39)23(32)28(48-22)38-16-34-24-26(33)35-30(31)36-27(24)38/h2-13,16-17,22-23,25,28,39H,14-15H2,1H3,(H,37,41)(H,42,43)(H,44,45)(H2,33,35,36)/t17-,22+,23?,25-,28+,52?/m0/s1. The number of imidazole rings is 1. The highest BCUT2D eigenvalue weighted by Gasteiger charge is 2.49. The Morgan fingerprint density at radius 3 is 2.50 bits per heavy atom. The first-order valence-electron chi connectivity index (χ1n) is 15.6. The van der Waals surface area contributed by atoms with E-state index in [0.29, 0.717) is 16.3 Å². The number of nitrogens with zero attached hydrogens (tertiary/aromatic N) is 4. The number of nitrogens with one attached hydrogen (secondary N) is 1. The van der Waals surface area contributed by atoms with E-state index in [1.165, 1.54) is 19.1 Å². The van der Waals surface area contributed by atoms with Crippen molar-refractivity contribution in [2.24, 2.45) is 0 Å². The van der Waals surface area contributed by atoms with Crippen molar-refractivity contribution >= 4 is 68.7 Å². The van der Waals surface area contributed by atoms with Crippen molar-refractivity contribution in [2.75, 3.05) is 12.3 Å². The number of phosphoric acid groups is 2. The predicted octanol–water partition coefficient (Wildman–Crippen LogP) is 4.97. The zero-order valence-electron chi connectivity index (χ0n) is 27.7. The number of aromatic nitrogens is 4. The molecule has 1 fully saturated rings. The fraction of sp³-hybridized carbons (Fsp3) is 0.267. The van der Waals surface area contributed by atoms with Crippen LogP contribution in [0, 0.1) is 0 Å². The highest BCUT2D eigenvalue weighted by atomic mass is 35.5. The van der Waals surface area contributed by atoms with Crippen LogP contribution in [-0.2, 0) is 47.7 Å². The van der Waals surface area contributed by atoms with Crippen LogP contribution in [0.4, 0.5) is 10.2 Å². The van der Waals surface area contributed by atoms with Crippen molar-refractivity contribution in [3.8, 4) is 5.75 Å². The number of hydrogen-bond acceptors (Lipinski definition) is 15. The number of anilines is 1. The Bertz CT molecular complexity index is 2300. The lowest BCUT2D eigenvalue weighted by Crippen LogP contribution is -2.34. The highest BCUT2D eigenvalue weighted by Crippen LogP contribution is 2.68. The maximum Gasteiger partial charge on any atom is 0.490 e. The fourth-order valence-electron chi connectivity index (χ4n) is 5.25. The van der Waals surface area contributed by atoms with Crippen molar-refractivity contribution < 1.29 is 64.9 Å². The number of carbonyl (C=O) groups is 1. The number of nitrogen functional groups attached to an aromatic ring is 1. The Labute approximate surface area is 309 Å². The maximum absolute atomic E-state index is 15.2. The summed E-state index contributed by atoms with van der Waals surface area (Å²) >= 11 is 5.86. The molecule has 1 aliphatic heterocycles. The molecule has 0 aliphatic carbocycles. The molecule has 4 unspecified atom stereocenters. The minimum Gasteiger partial charge on any atom is -0.460 e. The third kappa shape index (κ3) is 9.32. The average molecular weight is 831 g/mol. The minimum absolute atomic E-state index is 0.0472. The molecule has 3 heterocycles. The van der Waals surface area contributed by atoms with Crippen molar-refractivity contribution in [1.82, 2.24) is 24.6 Å². The first-order chi connectivity index (χ1) is 25.5. The van der Waals surface area contributed by atoms with Gasteiger partial charge in [-0.1, -0.05) is 66.7 Å². The number of alkyl halides is 1. The van der Waals surface area contributed by atoms with E-state index in [9.17, 15) is 33.4 Å². The summed E-state index contributed by atoms with van der Waals surface area (Å²) in [5, 5.41) is 13.4. The molecule has 2 aromatic heterocycles. The van der Waals surface area contributed by atoms with E-state index in [-0.39, 0.29) is 34.6 Å². The molecule has 24 heteroatoms. The van der Waals surface area contributed by atoms with Crippen LogP contribution < -0.4 is 15.3 Å². The predicted molar refractivity (Wildman–Crippen MR) is 188 cm³/mol. The van der Waals surface area contributed by atoms with Gasteiger partial charge in [0, 0.05) is 5.39 Å². The summed E-state index contributed by atoms with van der Waals surface area (Å²) < 4.78 is 86.8. The van der Waals surface area contributed by atoms with Crippen LogP contribution in [0.25, 0.3) is 21.9 Å². The van der Waals surface area contributed by atoms with E-state index in [1.807, 2.05) is 0 Å². The molecule has 288 valence electrons. The smallest absolute Gasteiger partial charge is 0.460 e. The number of phosphoric ester groups is 1. The zero-order valence-corrected chi connectivity index (χ0v) is 31.1. The minimum atomic E-state index is -5.93. The van der Waals surface area contributed by atoms with Crippen molar-refractivity contribution in [3.05, 3.63) is 90.0 Å². The lowest BCUT2D eigenvalue weighted by molar-refractivity contribution is -0.146. The van der Waals surface area contributed by atoms with Crippen molar-refractivity contribution in [2.45, 2.75) is 44.2 Å². The number of esters is 1. The summed E-state index contributed by atoms with van der Waals surface area (Å²) in [4.78, 5) is 45.5. The van der Waals surface area contributed by atoms with Crippen LogP contribution in [0.3, 0.4) is 0 Å². The summed E-state index contributed by atoms with van der Waals surface area (Å²) in [5.74, 6) is -1.23. The molecule has 5 aromatic rings. The van der Waals surface area contributed by atoms with Gasteiger partial charge in [-0.15, -0.1) is 0 Å². The third-order valence-electron chi connectivity index (χ3n) is 7.71. The van der Waals surface area contributed by atoms with Gasteiger partial charge < -0.3 is 34.6 Å². The summed E-state index contributed by atoms with van der Waals surface area (Å²) in [5.41, 5.74) is 6.41. The Kier molecular flexibility index (Phi) is 11.9. The molecule has 0 bridgehead atoms. The molecule has 19 nitrogen and oxygen atoms in total. The number of fused-ring (bicyclic) bond motifs is 2. The van der Waals surface area contributed by atoms with Gasteiger partial charge in [0.05, 0.1) is 12.9 Å². The number of carbonyl (C=O) groups excluding carboxylic acids is 1. The molecule has 54 heavy (non-hydrogen) atoms. The SMILES string of the molecule is C[C@H](NP(=O)(Oc1cccc2ccccc12)OP(=O)(O)OP(=O)(O)OC[C@H]1O[C@@H](n2cnc3c(N)nc(Cl)nc32)C(F)[C@H]1O)C(=O)OCc1ccccc1. The average Bonchev–Trinajstić information content (AvgIpc) is 3.65. The Balaban J connectivity index is 1.15. The van der Waals surface area contributed by atoms with E-state index < -0.39 is 66.6 Å². The number of aliphatic hydroxyl groups is 1. The Morgan fingerprint density at radius 1 is 1.04 bits per heavy atom. The number of benzene rings is 3. The van der Waals surface area contributed by atoms with Crippen molar-refractivity contribution in [3.63, 3.8) is 0 Å². The molecular weight excluding hydrogens is 800 g/mol. The first kappa shape index (κ1) is 39.8. The summed E-state index contributed by atoms with van der Waals surface area (Å²) in [6.45, 7) is -0.0588. The number of nitrogens with two attached hydrogens (primary N) is 1. The number of aliphatic hydroxyl groups excluding tert-OH is 1. The number of hydrogen-bond donors (Lipinski definition) is 5. The van der Waals surface area contributed by atoms with Crippen LogP contribution in [0.5, 0.6) is 5.75 Å². The summed E-state index contributed by atoms with van der Waals surface area (Å²) in [7, 11) is -16.8. The first-order valence-corrected chi connectivity index (χ1v) is 20.6. The largest absolute Gasteiger partial charge is 0.490 e. The van der Waals surface area contributed by atoms with E-state index in [1.54, 1.807) is 60.7 Å². The molecule has 8 atom stereocenters. The maximum atomic E-state index is 15.2. The van der Waals surface area contributed by atoms with Crippen LogP contribution in [-0.4, -0.2) is 71.4 Å². The summed E-state index contributed by atoms with van der Waals surface area (Å²) in [6, 6.07) is 18.2. The quantitative estimate of drug-likeness (QED) is 0.0529. The van der Waals surface area contributed by atoms with E-state index in [0.717, 1.165) is 10.9 Å². The summed E-state index contributed by atoms with van der Waals surface area (Å²) in [6.07, 6.45) is -6.33. The van der Waals surface area contributed by atoms with Gasteiger partial charge in [0.2, 0.25) is 5.28 Å². The van der Waals surface area contributed by atoms with Crippen LogP contribution >= 0.6 is 35.0 Å². The highest BCUT2D eigenvalue weighted by molar-refractivity contribution is 7.68. The normalized spacial score (nSPS) is 22.6. The lowest BCUT2D eigenvalue weighted by Gasteiger charge is -2.25. The number of halogens is 2. The van der Waals surface area contributed by atoms with Gasteiger partial charge in [-0.25, -0.2) is 23.1 Å². The molecule has 6 N–H and O–H groups in total. The molecule has 0 spiro atoms. The van der Waals surface area contributed by atoms with Gasteiger partial charge in [0.15, 0.2) is 23.9 Å². The van der Waals surface area contributed by atoms with Gasteiger partial charge >= 0.3 is 29.4 Å². The molecule has 3 aromatic carbocycles. The van der Waals surface area contributed by atoms with Crippen LogP contribution in [0.15, 0.2) is 79.1 Å². The van der Waals surface area contributed by atoms with Crippen LogP contribution in [0.1, 0.15) is 18.7 Å². The van der Waals surface area contributed by atoms with Crippen molar-refractivity contribution in [1.29, 1.82) is 0 Å². The van der Waals surface area contributed by atoms with Gasteiger partial charge in [-0.05, 0) is 35.5 Å². The van der Waals surface area contributed by atoms with Gasteiger partial charge in [-0.3, -0.25) is 13.9 Å². The molecular formula is C30H31ClFN6O13P3. The second-order valence-corrected chi connectivity index (χ2v) is 16.8. The topological polar surface area (TPSA) is 266 Å². The zero-order chi connectivity index (χ0) is 38.8. The molecule has 0 amide bonds. The monoisotopic (exact) mass is 830 g/mol. The Morgan fingerprint density at radius 2 is 1.74 bits per heavy atom. The molecule has 1 saturated heterocycles. The van der Waals surface area contributed by atoms with Gasteiger partial charge in [-0.2, -0.15) is 23.7 Å². The van der Waals surface area contributed by atoms with Gasteiger partial charge in [0.1, 0.15) is 36.1 Å². The molecule has 0 saturated carbocycles. The molecule has 0 radical (unpaired) electrons. The second kappa shape index (κ2) is 16.1. The number of ether oxygens (including phenoxy) is 2. The third-order valence-corrected chi connectivity index (χ3v) is 12.8. The molecule has 6 rings (SSSR count). The van der Waals surface area contributed by atoms with Crippen LogP contribution in [0.2, 0.25) is 5.28 Å². The fourth-order valence-corrected chi connectivity index (χ4v) is 9.83. The Hall–Kier alpha value is -3.87. The number of rotatable bonds is 15. The lowest BCUT2D eigenvalue weighted by atomic mass is 10.1.